The number of fused-ring (bicyclic) bond motifs is 1. The Morgan fingerprint density at radius 2 is 2.24 bits per heavy atom. The van der Waals surface area contributed by atoms with Crippen LogP contribution >= 0.6 is 0 Å². The summed E-state index contributed by atoms with van der Waals surface area (Å²) in [6, 6.07) is 6.61. The molecule has 0 radical (unpaired) electrons. The summed E-state index contributed by atoms with van der Waals surface area (Å²) in [6.45, 7) is 5.32. The molecule has 0 bridgehead atoms. The Kier molecular flexibility index (Phi) is 4.72. The van der Waals surface area contributed by atoms with Crippen molar-refractivity contribution in [2.75, 3.05) is 20.1 Å². The van der Waals surface area contributed by atoms with Gasteiger partial charge in [0.15, 0.2) is 0 Å². The molecule has 2 aliphatic heterocycles. The molecule has 25 heavy (non-hydrogen) atoms. The quantitative estimate of drug-likeness (QED) is 0.852. The highest BCUT2D eigenvalue weighted by Gasteiger charge is 2.44. The second-order valence-electron chi connectivity index (χ2n) is 7.60. The van der Waals surface area contributed by atoms with Gasteiger partial charge in [-0.05, 0) is 58.5 Å². The van der Waals surface area contributed by atoms with Gasteiger partial charge in [0, 0.05) is 12.1 Å². The van der Waals surface area contributed by atoms with Crippen LogP contribution in [-0.4, -0.2) is 47.8 Å². The van der Waals surface area contributed by atoms with E-state index in [2.05, 4.69) is 16.3 Å². The molecule has 1 fully saturated rings. The Morgan fingerprint density at radius 3 is 2.92 bits per heavy atom. The third kappa shape index (κ3) is 3.48. The average molecular weight is 343 g/mol. The van der Waals surface area contributed by atoms with Crippen LogP contribution in [0, 0.1) is 17.2 Å². The van der Waals surface area contributed by atoms with Gasteiger partial charge in [-0.1, -0.05) is 0 Å². The van der Waals surface area contributed by atoms with Crippen LogP contribution in [0.5, 0.6) is 5.75 Å². The molecule has 0 aromatic heterocycles. The zero-order valence-corrected chi connectivity index (χ0v) is 15.0. The molecule has 1 aromatic rings. The summed E-state index contributed by atoms with van der Waals surface area (Å²) in [5.74, 6) is 0.460. The number of nitrogens with one attached hydrogen (secondary N) is 1. The number of carbonyl (C=O) groups excluding carboxylic acids is 1. The number of carbonyl (C=O) groups is 1. The number of ether oxygens (including phenoxy) is 1. The SMILES string of the molecule is CN1CCCC(C(=O)N[C@@H]2c3cc(C#N)ccc3OC(C)(C)[C@H]2O)C1. The maximum absolute atomic E-state index is 12.8. The number of likely N-dealkylation sites (tertiary alicyclic amines) is 1. The molecule has 3 rings (SSSR count). The lowest BCUT2D eigenvalue weighted by molar-refractivity contribution is -0.131. The molecule has 1 aromatic carbocycles. The first-order valence-corrected chi connectivity index (χ1v) is 8.72. The summed E-state index contributed by atoms with van der Waals surface area (Å²) in [5, 5.41) is 23.0. The van der Waals surface area contributed by atoms with Gasteiger partial charge in [0.2, 0.25) is 5.91 Å². The smallest absolute Gasteiger partial charge is 0.224 e. The molecule has 1 saturated heterocycles. The van der Waals surface area contributed by atoms with Gasteiger partial charge in [0.05, 0.1) is 23.6 Å². The number of nitrogens with zero attached hydrogens (tertiary/aromatic N) is 2. The average Bonchev–Trinajstić information content (AvgIpc) is 2.58. The second-order valence-corrected chi connectivity index (χ2v) is 7.60. The first kappa shape index (κ1) is 17.7. The first-order chi connectivity index (χ1) is 11.8. The van der Waals surface area contributed by atoms with E-state index in [1.165, 1.54) is 0 Å². The summed E-state index contributed by atoms with van der Waals surface area (Å²) in [5.41, 5.74) is 0.303. The lowest BCUT2D eigenvalue weighted by atomic mass is 9.85. The van der Waals surface area contributed by atoms with E-state index in [1.807, 2.05) is 7.05 Å². The van der Waals surface area contributed by atoms with Gasteiger partial charge in [-0.15, -0.1) is 0 Å². The van der Waals surface area contributed by atoms with E-state index < -0.39 is 17.7 Å². The predicted octanol–water partition coefficient (Wildman–Crippen LogP) is 1.59. The number of aliphatic hydroxyl groups excluding tert-OH is 1. The van der Waals surface area contributed by atoms with Gasteiger partial charge in [-0.2, -0.15) is 5.26 Å². The fourth-order valence-electron chi connectivity index (χ4n) is 3.68. The molecule has 3 atom stereocenters. The summed E-state index contributed by atoms with van der Waals surface area (Å²) in [6.07, 6.45) is 0.939. The van der Waals surface area contributed by atoms with Crippen molar-refractivity contribution in [1.29, 1.82) is 5.26 Å². The largest absolute Gasteiger partial charge is 0.485 e. The molecule has 2 N–H and O–H groups in total. The van der Waals surface area contributed by atoms with Crippen LogP contribution in [0.1, 0.15) is 43.9 Å². The minimum absolute atomic E-state index is 0.0541. The fraction of sp³-hybridized carbons (Fsp3) is 0.579. The number of piperidine rings is 1. The van der Waals surface area contributed by atoms with Crippen molar-refractivity contribution in [3.8, 4) is 11.8 Å². The number of amides is 1. The third-order valence-corrected chi connectivity index (χ3v) is 5.17. The van der Waals surface area contributed by atoms with Gasteiger partial charge >= 0.3 is 0 Å². The van der Waals surface area contributed by atoms with Crippen molar-refractivity contribution in [3.63, 3.8) is 0 Å². The Bertz CT molecular complexity index is 710. The number of hydrogen-bond acceptors (Lipinski definition) is 5. The summed E-state index contributed by atoms with van der Waals surface area (Å²) in [7, 11) is 2.01. The molecule has 2 heterocycles. The van der Waals surface area contributed by atoms with Crippen LogP contribution in [0.3, 0.4) is 0 Å². The van der Waals surface area contributed by atoms with Crippen LogP contribution < -0.4 is 10.1 Å². The van der Waals surface area contributed by atoms with Crippen LogP contribution in [0.4, 0.5) is 0 Å². The number of nitriles is 1. The zero-order valence-electron chi connectivity index (χ0n) is 15.0. The molecule has 0 spiro atoms. The first-order valence-electron chi connectivity index (χ1n) is 8.72. The lowest BCUT2D eigenvalue weighted by Crippen LogP contribution is -2.55. The molecule has 134 valence electrons. The number of benzene rings is 1. The Hall–Kier alpha value is -2.10. The van der Waals surface area contributed by atoms with Crippen molar-refractivity contribution in [2.24, 2.45) is 5.92 Å². The molecule has 0 saturated carbocycles. The van der Waals surface area contributed by atoms with Crippen LogP contribution in [0.2, 0.25) is 0 Å². The maximum atomic E-state index is 12.8. The minimum atomic E-state index is -0.904. The van der Waals surface area contributed by atoms with Crippen molar-refractivity contribution >= 4 is 5.91 Å². The normalized spacial score (nSPS) is 28.4. The van der Waals surface area contributed by atoms with Crippen molar-refractivity contribution < 1.29 is 14.6 Å². The van der Waals surface area contributed by atoms with E-state index in [4.69, 9.17) is 10.00 Å². The monoisotopic (exact) mass is 343 g/mol. The van der Waals surface area contributed by atoms with Gasteiger partial charge in [0.1, 0.15) is 17.5 Å². The molecule has 0 aliphatic carbocycles. The van der Waals surface area contributed by atoms with Gasteiger partial charge < -0.3 is 20.1 Å². The molecule has 6 heteroatoms. The molecular formula is C19H25N3O3. The number of hydrogen-bond donors (Lipinski definition) is 2. The van der Waals surface area contributed by atoms with Gasteiger partial charge in [-0.3, -0.25) is 4.79 Å². The van der Waals surface area contributed by atoms with Crippen LogP contribution in [0.15, 0.2) is 18.2 Å². The summed E-state index contributed by atoms with van der Waals surface area (Å²) >= 11 is 0. The fourth-order valence-corrected chi connectivity index (χ4v) is 3.68. The summed E-state index contributed by atoms with van der Waals surface area (Å²) in [4.78, 5) is 14.9. The number of aliphatic hydroxyl groups is 1. The standard InChI is InChI=1S/C19H25N3O3/c1-19(2)17(23)16(14-9-12(10-20)6-7-15(14)25-19)21-18(24)13-5-4-8-22(3)11-13/h6-7,9,13,16-17,23H,4-5,8,11H2,1-3H3,(H,21,24)/t13?,16-,17+/m1/s1. The molecule has 6 nitrogen and oxygen atoms in total. The highest BCUT2D eigenvalue weighted by Crippen LogP contribution is 2.40. The predicted molar refractivity (Wildman–Crippen MR) is 93.0 cm³/mol. The van der Waals surface area contributed by atoms with Crippen molar-refractivity contribution in [3.05, 3.63) is 29.3 Å². The van der Waals surface area contributed by atoms with Crippen LogP contribution in [-0.2, 0) is 4.79 Å². The van der Waals surface area contributed by atoms with Crippen molar-refractivity contribution in [2.45, 2.75) is 44.4 Å². The highest BCUT2D eigenvalue weighted by atomic mass is 16.5. The van der Waals surface area contributed by atoms with E-state index >= 15 is 0 Å². The van der Waals surface area contributed by atoms with E-state index in [9.17, 15) is 9.90 Å². The van der Waals surface area contributed by atoms with Crippen LogP contribution in [0.25, 0.3) is 0 Å². The van der Waals surface area contributed by atoms with E-state index in [1.54, 1.807) is 32.0 Å². The van der Waals surface area contributed by atoms with E-state index in [0.29, 0.717) is 16.9 Å². The molecule has 2 aliphatic rings. The zero-order chi connectivity index (χ0) is 18.2. The maximum Gasteiger partial charge on any atom is 0.224 e. The van der Waals surface area contributed by atoms with Gasteiger partial charge in [0.25, 0.3) is 0 Å². The molecular weight excluding hydrogens is 318 g/mol. The Balaban J connectivity index is 1.88. The Morgan fingerprint density at radius 1 is 1.48 bits per heavy atom. The summed E-state index contributed by atoms with van der Waals surface area (Å²) < 4.78 is 5.89. The second kappa shape index (κ2) is 6.66. The van der Waals surface area contributed by atoms with E-state index in [-0.39, 0.29) is 11.8 Å². The van der Waals surface area contributed by atoms with Crippen molar-refractivity contribution in [1.82, 2.24) is 10.2 Å². The molecule has 1 unspecified atom stereocenters. The minimum Gasteiger partial charge on any atom is -0.485 e. The third-order valence-electron chi connectivity index (χ3n) is 5.17. The van der Waals surface area contributed by atoms with E-state index in [0.717, 1.165) is 25.9 Å². The topological polar surface area (TPSA) is 85.6 Å². The highest BCUT2D eigenvalue weighted by molar-refractivity contribution is 5.79. The lowest BCUT2D eigenvalue weighted by Gasteiger charge is -2.43. The number of rotatable bonds is 2. The molecule has 1 amide bonds. The van der Waals surface area contributed by atoms with Gasteiger partial charge in [-0.25, -0.2) is 0 Å². The Labute approximate surface area is 148 Å².